The van der Waals surface area contributed by atoms with Gasteiger partial charge in [-0.15, -0.1) is 0 Å². The minimum absolute atomic E-state index is 0.0487. The van der Waals surface area contributed by atoms with Crippen LogP contribution in [0.3, 0.4) is 0 Å². The minimum atomic E-state index is -0.0772. The first kappa shape index (κ1) is 13.2. The van der Waals surface area contributed by atoms with E-state index in [4.69, 9.17) is 9.47 Å². The second-order valence-electron chi connectivity index (χ2n) is 5.78. The number of carbonyl (C=O) groups excluding carboxylic acids is 1. The number of carbonyl (C=O) groups is 1. The molecule has 1 heterocycles. The van der Waals surface area contributed by atoms with Crippen molar-refractivity contribution >= 4 is 11.6 Å². The van der Waals surface area contributed by atoms with Crippen molar-refractivity contribution < 1.29 is 14.3 Å². The summed E-state index contributed by atoms with van der Waals surface area (Å²) < 4.78 is 10.6. The first-order valence-electron chi connectivity index (χ1n) is 7.57. The lowest BCUT2D eigenvalue weighted by atomic mass is 9.93. The molecule has 0 bridgehead atoms. The van der Waals surface area contributed by atoms with E-state index < -0.39 is 0 Å². The smallest absolute Gasteiger partial charge is 0.232 e. The monoisotopic (exact) mass is 295 g/mol. The Bertz CT molecular complexity index is 695. The van der Waals surface area contributed by atoms with Gasteiger partial charge in [0.2, 0.25) is 12.7 Å². The van der Waals surface area contributed by atoms with Gasteiger partial charge in [-0.3, -0.25) is 4.79 Å². The molecule has 0 spiro atoms. The third-order valence-corrected chi connectivity index (χ3v) is 4.17. The summed E-state index contributed by atoms with van der Waals surface area (Å²) in [7, 11) is 0. The average Bonchev–Trinajstić information content (AvgIpc) is 3.25. The maximum atomic E-state index is 12.7. The number of amides is 1. The van der Waals surface area contributed by atoms with E-state index in [1.165, 1.54) is 0 Å². The number of ether oxygens (including phenoxy) is 2. The molecule has 4 nitrogen and oxygen atoms in total. The SMILES string of the molecule is O=C(Nc1ccc2c(c1)OCO2)C(c1ccccc1)C1CC1. The highest BCUT2D eigenvalue weighted by Gasteiger charge is 2.37. The van der Waals surface area contributed by atoms with Crippen molar-refractivity contribution in [3.63, 3.8) is 0 Å². The van der Waals surface area contributed by atoms with Crippen LogP contribution in [-0.2, 0) is 4.79 Å². The summed E-state index contributed by atoms with van der Waals surface area (Å²) in [5.41, 5.74) is 1.83. The second-order valence-corrected chi connectivity index (χ2v) is 5.78. The Morgan fingerprint density at radius 2 is 1.82 bits per heavy atom. The maximum Gasteiger partial charge on any atom is 0.232 e. The molecule has 0 aromatic heterocycles. The molecule has 4 heteroatoms. The first-order chi connectivity index (χ1) is 10.8. The van der Waals surface area contributed by atoms with E-state index in [9.17, 15) is 4.79 Å². The maximum absolute atomic E-state index is 12.7. The summed E-state index contributed by atoms with van der Waals surface area (Å²) in [4.78, 5) is 12.7. The van der Waals surface area contributed by atoms with Crippen molar-refractivity contribution in [3.8, 4) is 11.5 Å². The quantitative estimate of drug-likeness (QED) is 0.938. The lowest BCUT2D eigenvalue weighted by Crippen LogP contribution is -2.22. The Labute approximate surface area is 129 Å². The number of benzene rings is 2. The van der Waals surface area contributed by atoms with Crippen molar-refractivity contribution in [3.05, 3.63) is 54.1 Å². The number of rotatable bonds is 4. The van der Waals surface area contributed by atoms with Crippen LogP contribution in [0, 0.1) is 5.92 Å². The number of nitrogens with one attached hydrogen (secondary N) is 1. The van der Waals surface area contributed by atoms with Crippen LogP contribution < -0.4 is 14.8 Å². The zero-order valence-electron chi connectivity index (χ0n) is 12.1. The highest BCUT2D eigenvalue weighted by Crippen LogP contribution is 2.43. The lowest BCUT2D eigenvalue weighted by Gasteiger charge is -2.17. The summed E-state index contributed by atoms with van der Waals surface area (Å²) in [6.45, 7) is 0.238. The molecule has 2 aliphatic rings. The largest absolute Gasteiger partial charge is 0.454 e. The fourth-order valence-corrected chi connectivity index (χ4v) is 2.92. The summed E-state index contributed by atoms with van der Waals surface area (Å²) in [6.07, 6.45) is 2.24. The number of anilines is 1. The van der Waals surface area contributed by atoms with Crippen LogP contribution >= 0.6 is 0 Å². The zero-order chi connectivity index (χ0) is 14.9. The van der Waals surface area contributed by atoms with Crippen molar-refractivity contribution in [2.75, 3.05) is 12.1 Å². The molecule has 4 rings (SSSR count). The van der Waals surface area contributed by atoms with Crippen LogP contribution in [0.15, 0.2) is 48.5 Å². The summed E-state index contributed by atoms with van der Waals surface area (Å²) >= 11 is 0. The van der Waals surface area contributed by atoms with Crippen LogP contribution in [0.25, 0.3) is 0 Å². The van der Waals surface area contributed by atoms with Gasteiger partial charge in [-0.05, 0) is 36.5 Å². The van der Waals surface area contributed by atoms with Gasteiger partial charge in [-0.25, -0.2) is 0 Å². The molecule has 1 aliphatic carbocycles. The van der Waals surface area contributed by atoms with Crippen LogP contribution in [0.2, 0.25) is 0 Å². The molecule has 1 aliphatic heterocycles. The van der Waals surface area contributed by atoms with Gasteiger partial charge in [0.25, 0.3) is 0 Å². The van der Waals surface area contributed by atoms with Gasteiger partial charge in [-0.1, -0.05) is 30.3 Å². The summed E-state index contributed by atoms with van der Waals surface area (Å²) in [5.74, 6) is 1.83. The van der Waals surface area contributed by atoms with E-state index in [2.05, 4.69) is 5.32 Å². The molecular weight excluding hydrogens is 278 g/mol. The molecule has 1 fully saturated rings. The van der Waals surface area contributed by atoms with Crippen molar-refractivity contribution in [2.45, 2.75) is 18.8 Å². The minimum Gasteiger partial charge on any atom is -0.454 e. The molecule has 1 amide bonds. The van der Waals surface area contributed by atoms with E-state index >= 15 is 0 Å². The van der Waals surface area contributed by atoms with Gasteiger partial charge in [0.05, 0.1) is 5.92 Å². The van der Waals surface area contributed by atoms with E-state index in [0.717, 1.165) is 29.8 Å². The van der Waals surface area contributed by atoms with Crippen molar-refractivity contribution in [2.24, 2.45) is 5.92 Å². The molecule has 112 valence electrons. The summed E-state index contributed by atoms with van der Waals surface area (Å²) in [6, 6.07) is 15.5. The van der Waals surface area contributed by atoms with Crippen LogP contribution in [0.5, 0.6) is 11.5 Å². The Morgan fingerprint density at radius 3 is 2.59 bits per heavy atom. The molecule has 0 saturated heterocycles. The van der Waals surface area contributed by atoms with E-state index in [1.807, 2.05) is 48.5 Å². The van der Waals surface area contributed by atoms with E-state index in [1.54, 1.807) is 0 Å². The highest BCUT2D eigenvalue weighted by molar-refractivity contribution is 5.96. The van der Waals surface area contributed by atoms with Crippen LogP contribution in [-0.4, -0.2) is 12.7 Å². The van der Waals surface area contributed by atoms with Gasteiger partial charge in [0.1, 0.15) is 0 Å². The number of hydrogen-bond acceptors (Lipinski definition) is 3. The van der Waals surface area contributed by atoms with Gasteiger partial charge < -0.3 is 14.8 Å². The Kier molecular flexibility index (Phi) is 3.22. The topological polar surface area (TPSA) is 47.6 Å². The predicted molar refractivity (Wildman–Crippen MR) is 83.1 cm³/mol. The van der Waals surface area contributed by atoms with Gasteiger partial charge in [0, 0.05) is 11.8 Å². The molecule has 2 aromatic carbocycles. The normalized spacial score (nSPS) is 17.1. The average molecular weight is 295 g/mol. The molecule has 1 atom stereocenters. The Morgan fingerprint density at radius 1 is 1.05 bits per heavy atom. The van der Waals surface area contributed by atoms with Gasteiger partial charge in [0.15, 0.2) is 11.5 Å². The Hall–Kier alpha value is -2.49. The molecule has 1 unspecified atom stereocenters. The van der Waals surface area contributed by atoms with Crippen LogP contribution in [0.1, 0.15) is 24.3 Å². The second kappa shape index (κ2) is 5.37. The van der Waals surface area contributed by atoms with Crippen LogP contribution in [0.4, 0.5) is 5.69 Å². The molecule has 2 aromatic rings. The third-order valence-electron chi connectivity index (χ3n) is 4.17. The van der Waals surface area contributed by atoms with Gasteiger partial charge in [-0.2, -0.15) is 0 Å². The molecular formula is C18H17NO3. The fraction of sp³-hybridized carbons (Fsp3) is 0.278. The van der Waals surface area contributed by atoms with Crippen molar-refractivity contribution in [1.82, 2.24) is 0 Å². The molecule has 22 heavy (non-hydrogen) atoms. The Balaban J connectivity index is 1.55. The fourth-order valence-electron chi connectivity index (χ4n) is 2.92. The molecule has 1 N–H and O–H groups in total. The predicted octanol–water partition coefficient (Wildman–Crippen LogP) is 3.55. The first-order valence-corrected chi connectivity index (χ1v) is 7.57. The molecule has 1 saturated carbocycles. The lowest BCUT2D eigenvalue weighted by molar-refractivity contribution is -0.118. The van der Waals surface area contributed by atoms with E-state index in [-0.39, 0.29) is 18.6 Å². The third kappa shape index (κ3) is 2.52. The van der Waals surface area contributed by atoms with Crippen molar-refractivity contribution in [1.29, 1.82) is 0 Å². The zero-order valence-corrected chi connectivity index (χ0v) is 12.1. The highest BCUT2D eigenvalue weighted by atomic mass is 16.7. The summed E-state index contributed by atoms with van der Waals surface area (Å²) in [5, 5.41) is 3.02. The van der Waals surface area contributed by atoms with Gasteiger partial charge >= 0.3 is 0 Å². The standard InChI is InChI=1S/C18H17NO3/c20-18(17(13-6-7-13)12-4-2-1-3-5-12)19-14-8-9-15-16(10-14)22-11-21-15/h1-5,8-10,13,17H,6-7,11H2,(H,19,20). The number of fused-ring (bicyclic) bond motifs is 1. The number of hydrogen-bond donors (Lipinski definition) is 1. The molecule has 0 radical (unpaired) electrons. The van der Waals surface area contributed by atoms with E-state index in [0.29, 0.717) is 11.7 Å².